The lowest BCUT2D eigenvalue weighted by atomic mass is 10.2. The van der Waals surface area contributed by atoms with Gasteiger partial charge in [-0.2, -0.15) is 0 Å². The number of allylic oxidation sites excluding steroid dienone is 4. The van der Waals surface area contributed by atoms with Gasteiger partial charge in [0.1, 0.15) is 12.9 Å². The maximum Gasteiger partial charge on any atom is 0.145 e. The number of hydrogen-bond donors (Lipinski definition) is 0. The lowest BCUT2D eigenvalue weighted by Gasteiger charge is -1.99. The van der Waals surface area contributed by atoms with Crippen LogP contribution in [0.15, 0.2) is 49.1 Å². The molecule has 2 nitrogen and oxygen atoms in total. The highest BCUT2D eigenvalue weighted by molar-refractivity contribution is 5.50. The highest BCUT2D eigenvalue weighted by Crippen LogP contribution is 1.98. The van der Waals surface area contributed by atoms with Crippen LogP contribution in [-0.2, 0) is 9.53 Å². The van der Waals surface area contributed by atoms with E-state index < -0.39 is 0 Å². The van der Waals surface area contributed by atoms with Crippen molar-refractivity contribution in [2.75, 3.05) is 13.2 Å². The third-order valence-electron chi connectivity index (χ3n) is 1.23. The number of ether oxygens (including phenoxy) is 1. The van der Waals surface area contributed by atoms with E-state index in [1.807, 2.05) is 12.2 Å². The van der Waals surface area contributed by atoms with Crippen molar-refractivity contribution in [3.05, 3.63) is 49.1 Å². The van der Waals surface area contributed by atoms with Crippen LogP contribution >= 0.6 is 0 Å². The molecule has 0 aromatic carbocycles. The second-order valence-corrected chi connectivity index (χ2v) is 2.25. The number of carbonyl (C=O) groups excluding carboxylic acids is 1. The van der Waals surface area contributed by atoms with E-state index in [1.54, 1.807) is 18.2 Å². The third-order valence-corrected chi connectivity index (χ3v) is 1.23. The Morgan fingerprint density at radius 1 is 1.31 bits per heavy atom. The molecule has 0 amide bonds. The first-order valence-electron chi connectivity index (χ1n) is 3.97. The molecule has 0 radical (unpaired) electrons. The summed E-state index contributed by atoms with van der Waals surface area (Å²) in [5, 5.41) is 0. The van der Waals surface area contributed by atoms with Gasteiger partial charge in [0.15, 0.2) is 0 Å². The zero-order valence-corrected chi connectivity index (χ0v) is 7.61. The second-order valence-electron chi connectivity index (χ2n) is 2.25. The molecule has 0 aliphatic rings. The Kier molecular flexibility index (Phi) is 7.74. The van der Waals surface area contributed by atoms with Crippen molar-refractivity contribution in [3.8, 4) is 0 Å². The Morgan fingerprint density at radius 3 is 2.62 bits per heavy atom. The molecule has 13 heavy (non-hydrogen) atoms. The van der Waals surface area contributed by atoms with E-state index in [4.69, 9.17) is 4.74 Å². The summed E-state index contributed by atoms with van der Waals surface area (Å²) in [7, 11) is 0. The van der Waals surface area contributed by atoms with Crippen LogP contribution in [0.2, 0.25) is 0 Å². The molecule has 0 unspecified atom stereocenters. The van der Waals surface area contributed by atoms with E-state index in [2.05, 4.69) is 13.2 Å². The summed E-state index contributed by atoms with van der Waals surface area (Å²) >= 11 is 0. The quantitative estimate of drug-likeness (QED) is 0.339. The summed E-state index contributed by atoms with van der Waals surface area (Å²) in [5.41, 5.74) is 0.955. The van der Waals surface area contributed by atoms with Gasteiger partial charge in [-0.3, -0.25) is 0 Å². The van der Waals surface area contributed by atoms with Gasteiger partial charge in [0.05, 0.1) is 6.61 Å². The summed E-state index contributed by atoms with van der Waals surface area (Å²) in [6, 6.07) is 0. The number of hydrogen-bond acceptors (Lipinski definition) is 2. The molecule has 2 heteroatoms. The van der Waals surface area contributed by atoms with Gasteiger partial charge in [0.25, 0.3) is 0 Å². The molecule has 70 valence electrons. The average Bonchev–Trinajstić information content (AvgIpc) is 2.14. The zero-order valence-electron chi connectivity index (χ0n) is 7.61. The van der Waals surface area contributed by atoms with E-state index >= 15 is 0 Å². The molecule has 0 atom stereocenters. The molecule has 0 aliphatic heterocycles. The molecule has 0 rings (SSSR count). The fraction of sp³-hybridized carbons (Fsp3) is 0.182. The zero-order chi connectivity index (χ0) is 9.94. The first kappa shape index (κ1) is 11.6. The SMILES string of the molecule is C=C/C=C\C(=C/C=C)COCC=O. The molecule has 0 aliphatic carbocycles. The van der Waals surface area contributed by atoms with Crippen molar-refractivity contribution in [2.45, 2.75) is 0 Å². The Balaban J connectivity index is 4.01. The van der Waals surface area contributed by atoms with Crippen molar-refractivity contribution >= 4 is 6.29 Å². The maximum atomic E-state index is 9.96. The van der Waals surface area contributed by atoms with Gasteiger partial charge in [0, 0.05) is 0 Å². The Bertz CT molecular complexity index is 224. The summed E-state index contributed by atoms with van der Waals surface area (Å²) in [4.78, 5) is 9.96. The van der Waals surface area contributed by atoms with Crippen LogP contribution in [0.1, 0.15) is 0 Å². The van der Waals surface area contributed by atoms with E-state index in [0.717, 1.165) is 11.9 Å². The average molecular weight is 178 g/mol. The standard InChI is InChI=1S/C11H14O2/c1-3-5-7-11(6-4-2)10-13-9-8-12/h3-8H,1-2,9-10H2/b7-5-,11-6+. The van der Waals surface area contributed by atoms with Crippen molar-refractivity contribution in [1.29, 1.82) is 0 Å². The van der Waals surface area contributed by atoms with Gasteiger partial charge in [-0.1, -0.05) is 43.5 Å². The van der Waals surface area contributed by atoms with Crippen molar-refractivity contribution in [1.82, 2.24) is 0 Å². The maximum absolute atomic E-state index is 9.96. The van der Waals surface area contributed by atoms with Gasteiger partial charge in [-0.05, 0) is 5.57 Å². The highest BCUT2D eigenvalue weighted by atomic mass is 16.5. The molecule has 0 bridgehead atoms. The van der Waals surface area contributed by atoms with Crippen LogP contribution in [0.4, 0.5) is 0 Å². The first-order chi connectivity index (χ1) is 6.35. The largest absolute Gasteiger partial charge is 0.369 e. The third kappa shape index (κ3) is 6.97. The van der Waals surface area contributed by atoms with Gasteiger partial charge in [0.2, 0.25) is 0 Å². The van der Waals surface area contributed by atoms with E-state index in [9.17, 15) is 4.79 Å². The fourth-order valence-electron chi connectivity index (χ4n) is 0.720. The van der Waals surface area contributed by atoms with Crippen LogP contribution in [0, 0.1) is 0 Å². The minimum atomic E-state index is 0.121. The molecule has 0 fully saturated rings. The summed E-state index contributed by atoms with van der Waals surface area (Å²) in [6.45, 7) is 7.66. The van der Waals surface area contributed by atoms with Crippen LogP contribution < -0.4 is 0 Å². The minimum absolute atomic E-state index is 0.121. The summed E-state index contributed by atoms with van der Waals surface area (Å²) < 4.78 is 5.02. The fourth-order valence-corrected chi connectivity index (χ4v) is 0.720. The molecular weight excluding hydrogens is 164 g/mol. The molecule has 0 aromatic rings. The predicted octanol–water partition coefficient (Wildman–Crippen LogP) is 2.06. The smallest absolute Gasteiger partial charge is 0.145 e. The van der Waals surface area contributed by atoms with Crippen molar-refractivity contribution in [2.24, 2.45) is 0 Å². The number of rotatable bonds is 7. The lowest BCUT2D eigenvalue weighted by Crippen LogP contribution is -1.98. The monoisotopic (exact) mass is 178 g/mol. The highest BCUT2D eigenvalue weighted by Gasteiger charge is 1.90. The second kappa shape index (κ2) is 8.68. The van der Waals surface area contributed by atoms with Crippen molar-refractivity contribution < 1.29 is 9.53 Å². The summed E-state index contributed by atoms with van der Waals surface area (Å²) in [5.74, 6) is 0. The Morgan fingerprint density at radius 2 is 2.08 bits per heavy atom. The normalized spacial score (nSPS) is 11.5. The Hall–Kier alpha value is -1.41. The Labute approximate surface area is 78.9 Å². The molecule has 0 saturated heterocycles. The molecule has 0 N–H and O–H groups in total. The van der Waals surface area contributed by atoms with Crippen LogP contribution in [0.3, 0.4) is 0 Å². The van der Waals surface area contributed by atoms with Crippen LogP contribution in [0.25, 0.3) is 0 Å². The molecule has 0 aromatic heterocycles. The number of aldehydes is 1. The van der Waals surface area contributed by atoms with Crippen LogP contribution in [-0.4, -0.2) is 19.5 Å². The molecular formula is C11H14O2. The lowest BCUT2D eigenvalue weighted by molar-refractivity contribution is -0.111. The van der Waals surface area contributed by atoms with Crippen molar-refractivity contribution in [3.63, 3.8) is 0 Å². The van der Waals surface area contributed by atoms with Gasteiger partial charge in [-0.25, -0.2) is 0 Å². The van der Waals surface area contributed by atoms with E-state index in [0.29, 0.717) is 6.61 Å². The van der Waals surface area contributed by atoms with E-state index in [-0.39, 0.29) is 6.61 Å². The molecule has 0 saturated carbocycles. The van der Waals surface area contributed by atoms with Gasteiger partial charge < -0.3 is 9.53 Å². The molecule has 0 spiro atoms. The van der Waals surface area contributed by atoms with Gasteiger partial charge in [-0.15, -0.1) is 0 Å². The minimum Gasteiger partial charge on any atom is -0.369 e. The van der Waals surface area contributed by atoms with Crippen LogP contribution in [0.5, 0.6) is 0 Å². The summed E-state index contributed by atoms with van der Waals surface area (Å²) in [6.07, 6.45) is 9.57. The first-order valence-corrected chi connectivity index (χ1v) is 3.97. The predicted molar refractivity (Wildman–Crippen MR) is 54.5 cm³/mol. The van der Waals surface area contributed by atoms with Gasteiger partial charge >= 0.3 is 0 Å². The topological polar surface area (TPSA) is 26.3 Å². The molecule has 0 heterocycles. The number of carbonyl (C=O) groups is 1. The van der Waals surface area contributed by atoms with E-state index in [1.165, 1.54) is 0 Å².